The average molecular weight is 747 g/mol. The van der Waals surface area contributed by atoms with E-state index in [2.05, 4.69) is 16.0 Å². The Labute approximate surface area is 307 Å². The monoisotopic (exact) mass is 746 g/mol. The van der Waals surface area contributed by atoms with Gasteiger partial charge in [-0.2, -0.15) is 0 Å². The van der Waals surface area contributed by atoms with Crippen LogP contribution in [-0.2, 0) is 42.7 Å². The Balaban J connectivity index is 1.89. The fourth-order valence-electron chi connectivity index (χ4n) is 4.30. The summed E-state index contributed by atoms with van der Waals surface area (Å²) in [6, 6.07) is 0. The van der Waals surface area contributed by atoms with Crippen molar-refractivity contribution in [2.75, 3.05) is 124 Å². The molecule has 300 valence electrons. The van der Waals surface area contributed by atoms with E-state index in [1.165, 1.54) is 11.8 Å². The smallest absolute Gasteiger partial charge is 0.407 e. The van der Waals surface area contributed by atoms with Crippen molar-refractivity contribution in [1.82, 2.24) is 15.5 Å². The molecule has 3 amide bonds. The molecule has 0 saturated carbocycles. The van der Waals surface area contributed by atoms with Crippen molar-refractivity contribution < 1.29 is 52.3 Å². The predicted molar refractivity (Wildman–Crippen MR) is 194 cm³/mol. The molecule has 0 aliphatic heterocycles. The molecular weight excluding hydrogens is 684 g/mol. The molecule has 17 nitrogen and oxygen atoms in total. The van der Waals surface area contributed by atoms with Gasteiger partial charge in [-0.05, 0) is 53.4 Å². The third kappa shape index (κ3) is 24.0. The van der Waals surface area contributed by atoms with Gasteiger partial charge in [0, 0.05) is 59.5 Å². The highest BCUT2D eigenvalue weighted by molar-refractivity contribution is 5.83. The van der Waals surface area contributed by atoms with E-state index in [0.29, 0.717) is 138 Å². The molecule has 17 heteroatoms. The summed E-state index contributed by atoms with van der Waals surface area (Å²) in [7, 11) is 0. The number of nitrogens with zero attached hydrogens (tertiary/aromatic N) is 1. The second-order valence-corrected chi connectivity index (χ2v) is 12.5. The first-order chi connectivity index (χ1) is 25.0. The largest absolute Gasteiger partial charge is 0.488 e. The molecule has 0 aromatic heterocycles. The van der Waals surface area contributed by atoms with E-state index < -0.39 is 22.6 Å². The molecule has 0 bridgehead atoms. The fourth-order valence-corrected chi connectivity index (χ4v) is 4.30. The molecule has 0 saturated heterocycles. The fraction of sp³-hybridized carbons (Fsp3) is 0.800. The van der Waals surface area contributed by atoms with E-state index in [1.807, 2.05) is 20.8 Å². The summed E-state index contributed by atoms with van der Waals surface area (Å²) in [5.74, 6) is -0.306. The van der Waals surface area contributed by atoms with Gasteiger partial charge in [-0.3, -0.25) is 19.2 Å². The molecule has 0 atom stereocenters. The highest BCUT2D eigenvalue weighted by Crippen LogP contribution is 2.16. The molecule has 0 fully saturated rings. The summed E-state index contributed by atoms with van der Waals surface area (Å²) in [6.45, 7) is 16.0. The molecule has 0 spiro atoms. The number of ether oxygens (including phenoxy) is 8. The molecule has 0 aliphatic carbocycles. The molecule has 0 unspecified atom stereocenters. The minimum Gasteiger partial charge on any atom is -0.488 e. The van der Waals surface area contributed by atoms with Crippen molar-refractivity contribution in [3.05, 3.63) is 20.4 Å². The number of hydrogen-bond acceptors (Lipinski definition) is 14. The van der Waals surface area contributed by atoms with E-state index in [4.69, 9.17) is 37.9 Å². The van der Waals surface area contributed by atoms with Gasteiger partial charge in [-0.15, -0.1) is 0 Å². The standard InChI is InChI=1S/C35H62N4O13/c1-6-51-33-30(31(42)32(33)43)37-12-8-16-46-20-24-50-26-22-48-18-10-14-39(28(2)40)27-29(41)36-11-7-15-45-19-23-49-25-21-47-17-9-13-38-34(44)52-35(3,4)5/h37H,6-27H2,1-5H3,(H,36,41)(H,38,44). The van der Waals surface area contributed by atoms with Crippen molar-refractivity contribution in [3.63, 3.8) is 0 Å². The normalized spacial score (nSPS) is 11.4. The van der Waals surface area contributed by atoms with Crippen LogP contribution in [0.15, 0.2) is 9.59 Å². The van der Waals surface area contributed by atoms with Gasteiger partial charge in [0.05, 0.1) is 66.0 Å². The topological polar surface area (TPSA) is 199 Å². The molecule has 0 heterocycles. The lowest BCUT2D eigenvalue weighted by atomic mass is 10.2. The van der Waals surface area contributed by atoms with Crippen molar-refractivity contribution in [1.29, 1.82) is 0 Å². The van der Waals surface area contributed by atoms with Crippen molar-refractivity contribution in [2.24, 2.45) is 0 Å². The molecule has 52 heavy (non-hydrogen) atoms. The second kappa shape index (κ2) is 29.1. The Morgan fingerprint density at radius 1 is 0.635 bits per heavy atom. The first-order valence-corrected chi connectivity index (χ1v) is 18.1. The van der Waals surface area contributed by atoms with E-state index >= 15 is 0 Å². The number of rotatable bonds is 33. The minimum atomic E-state index is -0.588. The van der Waals surface area contributed by atoms with E-state index in [1.54, 1.807) is 6.92 Å². The molecule has 0 radical (unpaired) electrons. The van der Waals surface area contributed by atoms with Gasteiger partial charge in [0.15, 0.2) is 5.75 Å². The van der Waals surface area contributed by atoms with Gasteiger partial charge in [0.2, 0.25) is 11.8 Å². The maximum Gasteiger partial charge on any atom is 0.407 e. The summed E-state index contributed by atoms with van der Waals surface area (Å²) in [5.41, 5.74) is -1.42. The van der Waals surface area contributed by atoms with E-state index in [9.17, 15) is 24.0 Å². The number of nitrogens with one attached hydrogen (secondary N) is 3. The Kier molecular flexibility index (Phi) is 26.2. The lowest BCUT2D eigenvalue weighted by Crippen LogP contribution is -2.40. The lowest BCUT2D eigenvalue weighted by molar-refractivity contribution is -0.134. The van der Waals surface area contributed by atoms with Crippen LogP contribution >= 0.6 is 0 Å². The van der Waals surface area contributed by atoms with Gasteiger partial charge in [-0.1, -0.05) is 0 Å². The highest BCUT2D eigenvalue weighted by Gasteiger charge is 2.21. The minimum absolute atomic E-state index is 0.0184. The number of anilines is 1. The third-order valence-electron chi connectivity index (χ3n) is 6.83. The van der Waals surface area contributed by atoms with Crippen molar-refractivity contribution in [3.8, 4) is 5.75 Å². The number of carbonyl (C=O) groups is 3. The summed E-state index contributed by atoms with van der Waals surface area (Å²) in [5, 5.41) is 8.41. The van der Waals surface area contributed by atoms with Crippen LogP contribution in [0.2, 0.25) is 0 Å². The molecule has 1 rings (SSSR count). The lowest BCUT2D eigenvalue weighted by Gasteiger charge is -2.20. The van der Waals surface area contributed by atoms with Gasteiger partial charge in [-0.25, -0.2) is 4.79 Å². The van der Waals surface area contributed by atoms with Crippen LogP contribution in [0.25, 0.3) is 0 Å². The van der Waals surface area contributed by atoms with Crippen LogP contribution in [0.4, 0.5) is 10.5 Å². The van der Waals surface area contributed by atoms with Gasteiger partial charge >= 0.3 is 6.09 Å². The molecule has 3 N–H and O–H groups in total. The average Bonchev–Trinajstić information content (AvgIpc) is 3.09. The second-order valence-electron chi connectivity index (χ2n) is 12.5. The Hall–Kier alpha value is -3.35. The molecule has 1 aromatic rings. The SMILES string of the molecule is CCOc1c(NCCCOCCOCCOCCCN(CC(=O)NCCCOCCOCCOCCCNC(=O)OC(C)(C)C)C(C)=O)c(=O)c1=O. The summed E-state index contributed by atoms with van der Waals surface area (Å²) in [4.78, 5) is 60.3. The summed E-state index contributed by atoms with van der Waals surface area (Å²) < 4.78 is 43.3. The van der Waals surface area contributed by atoms with Gasteiger partial charge in [0.25, 0.3) is 10.9 Å². The zero-order valence-corrected chi connectivity index (χ0v) is 31.8. The van der Waals surface area contributed by atoms with Crippen LogP contribution < -0.4 is 31.5 Å². The van der Waals surface area contributed by atoms with Gasteiger partial charge < -0.3 is 58.7 Å². The summed E-state index contributed by atoms with van der Waals surface area (Å²) >= 11 is 0. The van der Waals surface area contributed by atoms with Crippen LogP contribution in [0.5, 0.6) is 5.75 Å². The third-order valence-corrected chi connectivity index (χ3v) is 6.83. The zero-order chi connectivity index (χ0) is 38.5. The van der Waals surface area contributed by atoms with Crippen LogP contribution in [0.3, 0.4) is 0 Å². The Morgan fingerprint density at radius 2 is 1.10 bits per heavy atom. The maximum absolute atomic E-state index is 12.3. The van der Waals surface area contributed by atoms with E-state index in [0.717, 1.165) is 0 Å². The van der Waals surface area contributed by atoms with E-state index in [-0.39, 0.29) is 29.8 Å². The first kappa shape index (κ1) is 46.7. The Bertz CT molecular complexity index is 1180. The maximum atomic E-state index is 12.3. The number of hydrogen-bond donors (Lipinski definition) is 3. The van der Waals surface area contributed by atoms with Crippen LogP contribution in [0, 0.1) is 0 Å². The Morgan fingerprint density at radius 3 is 1.58 bits per heavy atom. The number of carbonyl (C=O) groups excluding carboxylic acids is 3. The van der Waals surface area contributed by atoms with Crippen molar-refractivity contribution >= 4 is 23.6 Å². The first-order valence-electron chi connectivity index (χ1n) is 18.1. The summed E-state index contributed by atoms with van der Waals surface area (Å²) in [6.07, 6.45) is 2.11. The quantitative estimate of drug-likeness (QED) is 0.0686. The highest BCUT2D eigenvalue weighted by atomic mass is 16.6. The van der Waals surface area contributed by atoms with Crippen LogP contribution in [0.1, 0.15) is 60.3 Å². The predicted octanol–water partition coefficient (Wildman–Crippen LogP) is 1.24. The van der Waals surface area contributed by atoms with Crippen molar-refractivity contribution in [2.45, 2.75) is 65.9 Å². The molecular formula is C35H62N4O13. The number of amides is 3. The molecule has 0 aliphatic rings. The zero-order valence-electron chi connectivity index (χ0n) is 31.8. The molecule has 1 aromatic carbocycles. The van der Waals surface area contributed by atoms with Crippen LogP contribution in [-0.4, -0.2) is 147 Å². The van der Waals surface area contributed by atoms with Gasteiger partial charge in [0.1, 0.15) is 11.3 Å². The number of alkyl carbamates (subject to hydrolysis) is 1.